The Balaban J connectivity index is 1.66. The van der Waals surface area contributed by atoms with E-state index in [1.165, 1.54) is 4.90 Å². The van der Waals surface area contributed by atoms with Gasteiger partial charge in [-0.25, -0.2) is 0 Å². The Morgan fingerprint density at radius 2 is 1.63 bits per heavy atom. The van der Waals surface area contributed by atoms with Gasteiger partial charge in [0, 0.05) is 18.3 Å². The lowest BCUT2D eigenvalue weighted by Gasteiger charge is -2.33. The van der Waals surface area contributed by atoms with E-state index in [0.717, 1.165) is 21.9 Å². The van der Waals surface area contributed by atoms with Gasteiger partial charge < -0.3 is 25.8 Å². The molecule has 5 rings (SSSR count). The Hall–Kier alpha value is -4.69. The lowest BCUT2D eigenvalue weighted by molar-refractivity contribution is -0.138. The molecule has 0 aromatic heterocycles. The minimum atomic E-state index is -0.918. The van der Waals surface area contributed by atoms with Crippen molar-refractivity contribution in [2.75, 3.05) is 36.2 Å². The minimum Gasteiger partial charge on any atom is -0.399 e. The molecule has 0 saturated carbocycles. The summed E-state index contributed by atoms with van der Waals surface area (Å²) >= 11 is 0. The smallest absolute Gasteiger partial charge is 0.258 e. The summed E-state index contributed by atoms with van der Waals surface area (Å²) in [5, 5.41) is 5.10. The van der Waals surface area contributed by atoms with Crippen LogP contribution in [0.1, 0.15) is 28.4 Å². The molecule has 0 radical (unpaired) electrons. The number of hydrogen-bond donors (Lipinski definition) is 2. The molecule has 8 heteroatoms. The molecule has 0 saturated heterocycles. The van der Waals surface area contributed by atoms with Crippen molar-refractivity contribution in [3.05, 3.63) is 102 Å². The first kappa shape index (κ1) is 27.9. The van der Waals surface area contributed by atoms with Crippen molar-refractivity contribution in [2.24, 2.45) is 0 Å². The number of para-hydroxylation sites is 2. The van der Waals surface area contributed by atoms with E-state index in [-0.39, 0.29) is 30.8 Å². The lowest BCUT2D eigenvalue weighted by Crippen LogP contribution is -2.56. The summed E-state index contributed by atoms with van der Waals surface area (Å²) in [6.07, 6.45) is 0. The Bertz CT molecular complexity index is 1620. The number of amides is 3. The highest BCUT2D eigenvalue weighted by molar-refractivity contribution is 6.13. The first-order chi connectivity index (χ1) is 19.7. The van der Waals surface area contributed by atoms with Crippen LogP contribution in [-0.4, -0.2) is 55.3 Å². The van der Waals surface area contributed by atoms with E-state index in [9.17, 15) is 14.4 Å². The van der Waals surface area contributed by atoms with Crippen LogP contribution in [0.5, 0.6) is 0 Å². The maximum absolute atomic E-state index is 14.5. The van der Waals surface area contributed by atoms with Crippen molar-refractivity contribution in [1.82, 2.24) is 10.2 Å². The van der Waals surface area contributed by atoms with E-state index >= 15 is 0 Å². The second-order valence-corrected chi connectivity index (χ2v) is 10.5. The number of aryl methyl sites for hydroxylation is 1. The predicted molar refractivity (Wildman–Crippen MR) is 164 cm³/mol. The number of fused-ring (bicyclic) bond motifs is 2. The number of nitrogens with zero attached hydrogens (tertiary/aromatic N) is 3. The molecule has 0 bridgehead atoms. The summed E-state index contributed by atoms with van der Waals surface area (Å²) in [7, 11) is 3.33. The third kappa shape index (κ3) is 5.26. The van der Waals surface area contributed by atoms with Crippen molar-refractivity contribution in [3.63, 3.8) is 0 Å². The third-order valence-corrected chi connectivity index (χ3v) is 7.98. The Morgan fingerprint density at radius 3 is 2.34 bits per heavy atom. The number of anilines is 3. The molecule has 3 amide bonds. The van der Waals surface area contributed by atoms with Gasteiger partial charge in [0.25, 0.3) is 11.8 Å². The van der Waals surface area contributed by atoms with Crippen molar-refractivity contribution in [1.29, 1.82) is 0 Å². The van der Waals surface area contributed by atoms with Crippen molar-refractivity contribution < 1.29 is 14.4 Å². The number of carbonyl (C=O) groups is 3. The average Bonchev–Trinajstić information content (AvgIpc) is 3.11. The van der Waals surface area contributed by atoms with Crippen LogP contribution < -0.4 is 20.9 Å². The second kappa shape index (κ2) is 11.4. The van der Waals surface area contributed by atoms with E-state index < -0.39 is 12.1 Å². The summed E-state index contributed by atoms with van der Waals surface area (Å²) in [6.45, 7) is 4.08. The van der Waals surface area contributed by atoms with E-state index in [2.05, 4.69) is 29.6 Å². The zero-order valence-corrected chi connectivity index (χ0v) is 23.8. The standard InChI is InChI=1S/C33H35N5O3/c1-21-13-14-23-9-5-6-10-26(23)27(21)19-37-28-11-7-8-12-29(28)38(32(40)24-15-17-25(34)18-16-24)20-30(33(37)41)36(4)31(39)22(2)35-3/h5-18,22,30,35H,19-20,34H2,1-4H3. The maximum atomic E-state index is 14.5. The summed E-state index contributed by atoms with van der Waals surface area (Å²) in [4.78, 5) is 46.7. The highest BCUT2D eigenvalue weighted by atomic mass is 16.2. The topological polar surface area (TPSA) is 99.0 Å². The van der Waals surface area contributed by atoms with Crippen LogP contribution in [-0.2, 0) is 16.1 Å². The van der Waals surface area contributed by atoms with Crippen LogP contribution in [0, 0.1) is 6.92 Å². The fourth-order valence-corrected chi connectivity index (χ4v) is 5.39. The molecule has 1 aliphatic heterocycles. The van der Waals surface area contributed by atoms with Gasteiger partial charge in [-0.3, -0.25) is 14.4 Å². The molecule has 1 aliphatic rings. The molecule has 1 heterocycles. The van der Waals surface area contributed by atoms with Crippen LogP contribution in [0.2, 0.25) is 0 Å². The summed E-state index contributed by atoms with van der Waals surface area (Å²) in [6, 6.07) is 24.9. The molecule has 0 aliphatic carbocycles. The normalized spacial score (nSPS) is 15.8. The van der Waals surface area contributed by atoms with Gasteiger partial charge in [-0.2, -0.15) is 0 Å². The largest absolute Gasteiger partial charge is 0.399 e. The number of nitrogens with two attached hydrogens (primary N) is 1. The van der Waals surface area contributed by atoms with Crippen LogP contribution >= 0.6 is 0 Å². The van der Waals surface area contributed by atoms with Gasteiger partial charge in [0.05, 0.1) is 30.5 Å². The van der Waals surface area contributed by atoms with Crippen molar-refractivity contribution >= 4 is 45.6 Å². The Morgan fingerprint density at radius 1 is 0.976 bits per heavy atom. The predicted octanol–water partition coefficient (Wildman–Crippen LogP) is 4.36. The first-order valence-corrected chi connectivity index (χ1v) is 13.7. The van der Waals surface area contributed by atoms with E-state index in [4.69, 9.17) is 5.73 Å². The number of hydrogen-bond acceptors (Lipinski definition) is 5. The summed E-state index contributed by atoms with van der Waals surface area (Å²) < 4.78 is 0. The van der Waals surface area contributed by atoms with Gasteiger partial charge >= 0.3 is 0 Å². The minimum absolute atomic E-state index is 0.00273. The first-order valence-electron chi connectivity index (χ1n) is 13.7. The Labute approximate surface area is 240 Å². The SMILES string of the molecule is CNC(C)C(=O)N(C)C1CN(C(=O)c2ccc(N)cc2)c2ccccc2N(Cc2c(C)ccc3ccccc23)C1=O. The molecule has 4 aromatic carbocycles. The molecule has 8 nitrogen and oxygen atoms in total. The van der Waals surface area contributed by atoms with Crippen LogP contribution in [0.3, 0.4) is 0 Å². The van der Waals surface area contributed by atoms with E-state index in [0.29, 0.717) is 22.6 Å². The van der Waals surface area contributed by atoms with Gasteiger partial charge in [-0.15, -0.1) is 0 Å². The molecule has 41 heavy (non-hydrogen) atoms. The van der Waals surface area contributed by atoms with E-state index in [1.807, 2.05) is 43.3 Å². The highest BCUT2D eigenvalue weighted by Crippen LogP contribution is 2.37. The molecule has 0 spiro atoms. The highest BCUT2D eigenvalue weighted by Gasteiger charge is 2.40. The number of rotatable bonds is 6. The zero-order chi connectivity index (χ0) is 29.3. The number of nitrogens with one attached hydrogen (secondary N) is 1. The fraction of sp³-hybridized carbons (Fsp3) is 0.242. The van der Waals surface area contributed by atoms with Crippen molar-refractivity contribution in [3.8, 4) is 0 Å². The third-order valence-electron chi connectivity index (χ3n) is 7.98. The molecule has 210 valence electrons. The molecule has 4 aromatic rings. The number of nitrogen functional groups attached to an aromatic ring is 1. The molecule has 2 atom stereocenters. The average molecular weight is 550 g/mol. The van der Waals surface area contributed by atoms with Crippen LogP contribution in [0.25, 0.3) is 10.8 Å². The van der Waals surface area contributed by atoms with Gasteiger partial charge in [0.2, 0.25) is 5.91 Å². The molecule has 3 N–H and O–H groups in total. The molecular formula is C33H35N5O3. The van der Waals surface area contributed by atoms with E-state index in [1.54, 1.807) is 55.1 Å². The lowest BCUT2D eigenvalue weighted by atomic mass is 9.98. The maximum Gasteiger partial charge on any atom is 0.258 e. The molecule has 0 fully saturated rings. The van der Waals surface area contributed by atoms with Crippen LogP contribution in [0.15, 0.2) is 84.9 Å². The Kier molecular flexibility index (Phi) is 7.77. The number of likely N-dealkylation sites (N-methyl/N-ethyl adjacent to an activating group) is 2. The van der Waals surface area contributed by atoms with Gasteiger partial charge in [0.1, 0.15) is 6.04 Å². The fourth-order valence-electron chi connectivity index (χ4n) is 5.39. The molecular weight excluding hydrogens is 514 g/mol. The van der Waals surface area contributed by atoms with Gasteiger partial charge in [-0.05, 0) is 79.2 Å². The number of benzene rings is 4. The van der Waals surface area contributed by atoms with Gasteiger partial charge in [0.15, 0.2) is 0 Å². The summed E-state index contributed by atoms with van der Waals surface area (Å²) in [5.41, 5.74) is 10.1. The van der Waals surface area contributed by atoms with Crippen molar-refractivity contribution in [2.45, 2.75) is 32.5 Å². The summed E-state index contributed by atoms with van der Waals surface area (Å²) in [5.74, 6) is -0.768. The van der Waals surface area contributed by atoms with Crippen LogP contribution in [0.4, 0.5) is 17.1 Å². The monoisotopic (exact) mass is 549 g/mol. The quantitative estimate of drug-likeness (QED) is 0.348. The zero-order valence-electron chi connectivity index (χ0n) is 23.8. The number of carbonyl (C=O) groups excluding carboxylic acids is 3. The second-order valence-electron chi connectivity index (χ2n) is 10.5. The molecule has 2 unspecified atom stereocenters. The van der Waals surface area contributed by atoms with Gasteiger partial charge in [-0.1, -0.05) is 48.5 Å².